The Morgan fingerprint density at radius 3 is 2.33 bits per heavy atom. The highest BCUT2D eigenvalue weighted by Gasteiger charge is 2.26. The summed E-state index contributed by atoms with van der Waals surface area (Å²) in [6.45, 7) is 1.27. The number of ether oxygens (including phenoxy) is 1. The van der Waals surface area contributed by atoms with Gasteiger partial charge in [0.15, 0.2) is 0 Å². The maximum Gasteiger partial charge on any atom is 0.286 e. The molecule has 0 radical (unpaired) electrons. The molecule has 0 unspecified atom stereocenters. The Labute approximate surface area is 172 Å². The van der Waals surface area contributed by atoms with Crippen LogP contribution in [-0.2, 0) is 14.8 Å². The van der Waals surface area contributed by atoms with E-state index in [-0.39, 0.29) is 35.0 Å². The van der Waals surface area contributed by atoms with Gasteiger partial charge in [0, 0.05) is 24.0 Å². The molecule has 0 bridgehead atoms. The van der Waals surface area contributed by atoms with Crippen molar-refractivity contribution < 1.29 is 27.2 Å². The second-order valence-electron chi connectivity index (χ2n) is 6.66. The first-order valence-electron chi connectivity index (χ1n) is 9.18. The lowest BCUT2D eigenvalue weighted by atomic mass is 10.2. The van der Waals surface area contributed by atoms with Crippen LogP contribution >= 0.6 is 0 Å². The zero-order valence-electron chi connectivity index (χ0n) is 15.8. The first-order chi connectivity index (χ1) is 14.4. The topological polar surface area (TPSA) is 132 Å². The van der Waals surface area contributed by atoms with E-state index in [0.717, 1.165) is 0 Å². The molecule has 0 saturated carbocycles. The summed E-state index contributed by atoms with van der Waals surface area (Å²) >= 11 is 0. The van der Waals surface area contributed by atoms with E-state index in [1.54, 1.807) is 24.3 Å². The van der Waals surface area contributed by atoms with E-state index in [9.17, 15) is 18.0 Å². The SMILES string of the molecule is NC(=O)c1oc2ccccc2c1NC(=O)c1ccc(S(=O)(=O)N2CCOCC2)cc1. The van der Waals surface area contributed by atoms with E-state index >= 15 is 0 Å². The number of carbonyl (C=O) groups excluding carboxylic acids is 2. The fourth-order valence-electron chi connectivity index (χ4n) is 3.24. The Kier molecular flexibility index (Phi) is 5.29. The summed E-state index contributed by atoms with van der Waals surface area (Å²) in [5.74, 6) is -1.50. The van der Waals surface area contributed by atoms with E-state index in [2.05, 4.69) is 5.32 Å². The van der Waals surface area contributed by atoms with Gasteiger partial charge in [-0.2, -0.15) is 4.31 Å². The van der Waals surface area contributed by atoms with Gasteiger partial charge in [-0.05, 0) is 36.4 Å². The monoisotopic (exact) mass is 429 g/mol. The van der Waals surface area contributed by atoms with Gasteiger partial charge in [-0.1, -0.05) is 12.1 Å². The number of hydrogen-bond donors (Lipinski definition) is 2. The largest absolute Gasteiger partial charge is 0.449 e. The molecule has 0 atom stereocenters. The minimum atomic E-state index is -3.66. The van der Waals surface area contributed by atoms with Crippen LogP contribution in [0.3, 0.4) is 0 Å². The van der Waals surface area contributed by atoms with E-state index in [1.807, 2.05) is 0 Å². The predicted octanol–water partition coefficient (Wildman–Crippen LogP) is 1.80. The lowest BCUT2D eigenvalue weighted by Gasteiger charge is -2.26. The van der Waals surface area contributed by atoms with Gasteiger partial charge in [-0.25, -0.2) is 8.42 Å². The number of benzene rings is 2. The number of nitrogens with one attached hydrogen (secondary N) is 1. The smallest absolute Gasteiger partial charge is 0.286 e. The highest BCUT2D eigenvalue weighted by atomic mass is 32.2. The van der Waals surface area contributed by atoms with Crippen molar-refractivity contribution in [3.05, 3.63) is 59.9 Å². The maximum atomic E-state index is 12.7. The Morgan fingerprint density at radius 2 is 1.67 bits per heavy atom. The molecule has 2 aromatic carbocycles. The number of hydrogen-bond acceptors (Lipinski definition) is 6. The van der Waals surface area contributed by atoms with Crippen LogP contribution in [0.2, 0.25) is 0 Å². The Balaban J connectivity index is 1.59. The van der Waals surface area contributed by atoms with Gasteiger partial charge in [0.05, 0.1) is 18.1 Å². The summed E-state index contributed by atoms with van der Waals surface area (Å²) in [6.07, 6.45) is 0. The number of carbonyl (C=O) groups is 2. The van der Waals surface area contributed by atoms with Crippen molar-refractivity contribution in [1.82, 2.24) is 4.31 Å². The molecule has 1 aromatic heterocycles. The zero-order valence-corrected chi connectivity index (χ0v) is 16.6. The normalized spacial score (nSPS) is 15.2. The number of nitrogens with zero attached hydrogens (tertiary/aromatic N) is 1. The van der Waals surface area contributed by atoms with Crippen molar-refractivity contribution >= 4 is 38.5 Å². The maximum absolute atomic E-state index is 12.7. The Hall–Kier alpha value is -3.21. The highest BCUT2D eigenvalue weighted by Crippen LogP contribution is 2.31. The average Bonchev–Trinajstić information content (AvgIpc) is 3.13. The van der Waals surface area contributed by atoms with Crippen LogP contribution in [0, 0.1) is 0 Å². The summed E-state index contributed by atoms with van der Waals surface area (Å²) in [7, 11) is -3.66. The van der Waals surface area contributed by atoms with Crippen molar-refractivity contribution in [1.29, 1.82) is 0 Å². The number of morpholine rings is 1. The fraction of sp³-hybridized carbons (Fsp3) is 0.200. The minimum Gasteiger partial charge on any atom is -0.449 e. The number of primary amides is 1. The van der Waals surface area contributed by atoms with E-state index < -0.39 is 21.8 Å². The van der Waals surface area contributed by atoms with Crippen LogP contribution in [0.4, 0.5) is 5.69 Å². The van der Waals surface area contributed by atoms with Gasteiger partial charge in [-0.3, -0.25) is 9.59 Å². The quantitative estimate of drug-likeness (QED) is 0.636. The average molecular weight is 429 g/mol. The number of rotatable bonds is 5. The molecule has 3 N–H and O–H groups in total. The van der Waals surface area contributed by atoms with Crippen molar-refractivity contribution in [2.45, 2.75) is 4.90 Å². The number of fused-ring (bicyclic) bond motifs is 1. The molecule has 3 aromatic rings. The molecule has 0 aliphatic carbocycles. The van der Waals surface area contributed by atoms with Gasteiger partial charge in [0.2, 0.25) is 15.8 Å². The molecule has 1 fully saturated rings. The van der Waals surface area contributed by atoms with Crippen molar-refractivity contribution in [2.24, 2.45) is 5.73 Å². The van der Waals surface area contributed by atoms with E-state index in [1.165, 1.54) is 28.6 Å². The third-order valence-electron chi connectivity index (χ3n) is 4.78. The standard InChI is InChI=1S/C20H19N3O6S/c21-19(24)18-17(15-3-1-2-4-16(15)29-18)22-20(25)13-5-7-14(8-6-13)30(26,27)23-9-11-28-12-10-23/h1-8H,9-12H2,(H2,21,24)(H,22,25). The van der Waals surface area contributed by atoms with Crippen LogP contribution in [0.5, 0.6) is 0 Å². The Bertz CT molecular complexity index is 1210. The Morgan fingerprint density at radius 1 is 1.00 bits per heavy atom. The minimum absolute atomic E-state index is 0.0903. The molecular formula is C20H19N3O6S. The van der Waals surface area contributed by atoms with Gasteiger partial charge < -0.3 is 20.2 Å². The molecule has 2 heterocycles. The number of sulfonamides is 1. The second-order valence-corrected chi connectivity index (χ2v) is 8.60. The number of anilines is 1. The molecule has 9 nitrogen and oxygen atoms in total. The van der Waals surface area contributed by atoms with Crippen LogP contribution < -0.4 is 11.1 Å². The number of nitrogens with two attached hydrogens (primary N) is 1. The summed E-state index contributed by atoms with van der Waals surface area (Å²) < 4.78 is 37.4. The van der Waals surface area contributed by atoms with Gasteiger partial charge in [0.25, 0.3) is 11.8 Å². The fourth-order valence-corrected chi connectivity index (χ4v) is 4.65. The third-order valence-corrected chi connectivity index (χ3v) is 6.70. The molecule has 1 aliphatic heterocycles. The molecule has 10 heteroatoms. The highest BCUT2D eigenvalue weighted by molar-refractivity contribution is 7.89. The van der Waals surface area contributed by atoms with Crippen LogP contribution in [0.15, 0.2) is 57.8 Å². The van der Waals surface area contributed by atoms with Gasteiger partial charge in [-0.15, -0.1) is 0 Å². The summed E-state index contributed by atoms with van der Waals surface area (Å²) in [5.41, 5.74) is 6.17. The number of furan rings is 1. The summed E-state index contributed by atoms with van der Waals surface area (Å²) in [6, 6.07) is 12.4. The molecule has 0 spiro atoms. The van der Waals surface area contributed by atoms with Crippen molar-refractivity contribution in [2.75, 3.05) is 31.6 Å². The molecule has 4 rings (SSSR count). The molecule has 1 saturated heterocycles. The van der Waals surface area contributed by atoms with Crippen LogP contribution in [-0.4, -0.2) is 50.8 Å². The third kappa shape index (κ3) is 3.67. The lowest BCUT2D eigenvalue weighted by Crippen LogP contribution is -2.40. The molecule has 30 heavy (non-hydrogen) atoms. The van der Waals surface area contributed by atoms with Gasteiger partial charge >= 0.3 is 0 Å². The van der Waals surface area contributed by atoms with Crippen molar-refractivity contribution in [3.8, 4) is 0 Å². The summed E-state index contributed by atoms with van der Waals surface area (Å²) in [5, 5.41) is 3.18. The molecule has 2 amide bonds. The van der Waals surface area contributed by atoms with Crippen LogP contribution in [0.25, 0.3) is 11.0 Å². The van der Waals surface area contributed by atoms with E-state index in [0.29, 0.717) is 24.2 Å². The molecular weight excluding hydrogens is 410 g/mol. The predicted molar refractivity (Wildman–Crippen MR) is 109 cm³/mol. The second kappa shape index (κ2) is 7.90. The zero-order chi connectivity index (χ0) is 21.3. The molecule has 1 aliphatic rings. The van der Waals surface area contributed by atoms with Crippen LogP contribution in [0.1, 0.15) is 20.9 Å². The first-order valence-corrected chi connectivity index (χ1v) is 10.6. The number of para-hydroxylation sites is 1. The summed E-state index contributed by atoms with van der Waals surface area (Å²) in [4.78, 5) is 24.5. The van der Waals surface area contributed by atoms with E-state index in [4.69, 9.17) is 14.9 Å². The first kappa shape index (κ1) is 20.1. The van der Waals surface area contributed by atoms with Crippen molar-refractivity contribution in [3.63, 3.8) is 0 Å². The lowest BCUT2D eigenvalue weighted by molar-refractivity contribution is 0.0730. The van der Waals surface area contributed by atoms with Gasteiger partial charge in [0.1, 0.15) is 11.3 Å². The number of amides is 2. The molecule has 156 valence electrons.